The highest BCUT2D eigenvalue weighted by Crippen LogP contribution is 2.35. The van der Waals surface area contributed by atoms with Gasteiger partial charge in [-0.15, -0.1) is 0 Å². The Labute approximate surface area is 205 Å². The molecular weight excluding hydrogens is 472 g/mol. The Hall–Kier alpha value is -2.23. The number of hydrogen-bond acceptors (Lipinski definition) is 6. The number of rotatable bonds is 4. The van der Waals surface area contributed by atoms with E-state index in [1.54, 1.807) is 13.8 Å². The van der Waals surface area contributed by atoms with Crippen molar-refractivity contribution in [3.8, 4) is 0 Å². The molecule has 6 nitrogen and oxygen atoms in total. The normalized spacial score (nSPS) is 19.8. The molecule has 0 amide bonds. The molecule has 1 saturated heterocycles. The third-order valence-corrected chi connectivity index (χ3v) is 5.05. The molecule has 3 fully saturated rings. The van der Waals surface area contributed by atoms with Gasteiger partial charge in [-0.2, -0.15) is 0 Å². The van der Waals surface area contributed by atoms with Gasteiger partial charge < -0.3 is 14.2 Å². The van der Waals surface area contributed by atoms with Gasteiger partial charge in [-0.3, -0.25) is 4.79 Å². The summed E-state index contributed by atoms with van der Waals surface area (Å²) in [4.78, 5) is 31.5. The van der Waals surface area contributed by atoms with Crippen molar-refractivity contribution in [2.75, 3.05) is 26.4 Å². The van der Waals surface area contributed by atoms with Crippen LogP contribution in [0.1, 0.15) is 78.1 Å². The number of esters is 2. The molecule has 2 saturated carbocycles. The van der Waals surface area contributed by atoms with E-state index < -0.39 is 17.8 Å². The lowest BCUT2D eigenvalue weighted by Gasteiger charge is -2.23. The second-order valence-corrected chi connectivity index (χ2v) is 8.08. The lowest BCUT2D eigenvalue weighted by Crippen LogP contribution is -2.24. The van der Waals surface area contributed by atoms with E-state index in [1.807, 2.05) is 0 Å². The molecule has 35 heavy (non-hydrogen) atoms. The minimum absolute atomic E-state index is 0.0269. The summed E-state index contributed by atoms with van der Waals surface area (Å²) in [6, 6.07) is 0. The maximum Gasteiger partial charge on any atom is 0.330 e. The SMILES string of the molecule is C1CCOC1.C=CC(=O)OCC.CCOC(=O)C=C1CCC(F)(F)CC1.O=C1CCC(F)(F)CC1. The van der Waals surface area contributed by atoms with Crippen molar-refractivity contribution in [2.45, 2.75) is 89.9 Å². The predicted molar refractivity (Wildman–Crippen MR) is 123 cm³/mol. The fraction of sp³-hybridized carbons (Fsp3) is 0.720. The third kappa shape index (κ3) is 18.7. The van der Waals surface area contributed by atoms with Crippen molar-refractivity contribution in [1.82, 2.24) is 0 Å². The van der Waals surface area contributed by atoms with Crippen molar-refractivity contribution in [3.05, 3.63) is 24.3 Å². The molecule has 202 valence electrons. The van der Waals surface area contributed by atoms with Crippen molar-refractivity contribution in [1.29, 1.82) is 0 Å². The first-order valence-corrected chi connectivity index (χ1v) is 11.9. The van der Waals surface area contributed by atoms with Crippen LogP contribution in [-0.2, 0) is 28.6 Å². The molecule has 10 heteroatoms. The van der Waals surface area contributed by atoms with Gasteiger partial charge in [0, 0.05) is 63.9 Å². The molecule has 0 spiro atoms. The Kier molecular flexibility index (Phi) is 16.9. The van der Waals surface area contributed by atoms with Crippen LogP contribution in [0.3, 0.4) is 0 Å². The number of allylic oxidation sites excluding steroid dienone is 1. The second-order valence-electron chi connectivity index (χ2n) is 8.08. The summed E-state index contributed by atoms with van der Waals surface area (Å²) in [5.74, 6) is -5.92. The van der Waals surface area contributed by atoms with Crippen LogP contribution in [0.15, 0.2) is 24.3 Å². The van der Waals surface area contributed by atoms with E-state index in [-0.39, 0.29) is 50.3 Å². The first-order chi connectivity index (χ1) is 16.4. The third-order valence-electron chi connectivity index (χ3n) is 5.05. The summed E-state index contributed by atoms with van der Waals surface area (Å²) in [5.41, 5.74) is 0.773. The molecule has 1 aliphatic heterocycles. The molecule has 3 rings (SSSR count). The van der Waals surface area contributed by atoms with Crippen LogP contribution in [0.4, 0.5) is 17.6 Å². The van der Waals surface area contributed by atoms with E-state index in [9.17, 15) is 31.9 Å². The summed E-state index contributed by atoms with van der Waals surface area (Å²) in [7, 11) is 0. The highest BCUT2D eigenvalue weighted by atomic mass is 19.3. The Bertz CT molecular complexity index is 656. The highest BCUT2D eigenvalue weighted by molar-refractivity contribution is 5.82. The minimum Gasteiger partial charge on any atom is -0.463 e. The Morgan fingerprint density at radius 3 is 1.60 bits per heavy atom. The van der Waals surface area contributed by atoms with E-state index in [2.05, 4.69) is 11.3 Å². The number of ether oxygens (including phenoxy) is 3. The van der Waals surface area contributed by atoms with Gasteiger partial charge in [0.25, 0.3) is 0 Å². The van der Waals surface area contributed by atoms with E-state index in [0.717, 1.165) is 24.9 Å². The monoisotopic (exact) mass is 510 g/mol. The van der Waals surface area contributed by atoms with Crippen molar-refractivity contribution < 1.29 is 46.2 Å². The van der Waals surface area contributed by atoms with Gasteiger partial charge in [0.2, 0.25) is 11.8 Å². The quantitative estimate of drug-likeness (QED) is 0.263. The summed E-state index contributed by atoms with van der Waals surface area (Å²) < 4.78 is 64.0. The molecule has 3 aliphatic rings. The predicted octanol–water partition coefficient (Wildman–Crippen LogP) is 5.98. The van der Waals surface area contributed by atoms with Crippen LogP contribution in [-0.4, -0.2) is 56.0 Å². The van der Waals surface area contributed by atoms with Gasteiger partial charge in [0.05, 0.1) is 13.2 Å². The fourth-order valence-corrected chi connectivity index (χ4v) is 3.04. The number of ketones is 1. The minimum atomic E-state index is -2.56. The number of carbonyl (C=O) groups excluding carboxylic acids is 3. The van der Waals surface area contributed by atoms with Gasteiger partial charge in [-0.25, -0.2) is 27.2 Å². The van der Waals surface area contributed by atoms with Crippen LogP contribution in [0.25, 0.3) is 0 Å². The number of carbonyl (C=O) groups is 3. The molecule has 0 radical (unpaired) electrons. The van der Waals surface area contributed by atoms with Crippen LogP contribution < -0.4 is 0 Å². The van der Waals surface area contributed by atoms with E-state index in [4.69, 9.17) is 9.47 Å². The van der Waals surface area contributed by atoms with E-state index in [1.165, 1.54) is 18.9 Å². The van der Waals surface area contributed by atoms with Crippen molar-refractivity contribution in [2.24, 2.45) is 0 Å². The van der Waals surface area contributed by atoms with Crippen molar-refractivity contribution in [3.63, 3.8) is 0 Å². The molecule has 1 heterocycles. The smallest absolute Gasteiger partial charge is 0.330 e. The van der Waals surface area contributed by atoms with Crippen LogP contribution in [0.5, 0.6) is 0 Å². The topological polar surface area (TPSA) is 78.9 Å². The lowest BCUT2D eigenvalue weighted by molar-refractivity contribution is -0.138. The zero-order chi connectivity index (χ0) is 26.7. The van der Waals surface area contributed by atoms with Gasteiger partial charge in [-0.1, -0.05) is 12.2 Å². The van der Waals surface area contributed by atoms with Crippen molar-refractivity contribution >= 4 is 17.7 Å². The molecule has 2 aliphatic carbocycles. The largest absolute Gasteiger partial charge is 0.463 e. The Morgan fingerprint density at radius 2 is 1.29 bits per heavy atom. The van der Waals surface area contributed by atoms with Gasteiger partial charge in [0.1, 0.15) is 5.78 Å². The lowest BCUT2D eigenvalue weighted by atomic mass is 9.92. The molecule has 0 N–H and O–H groups in total. The van der Waals surface area contributed by atoms with Gasteiger partial charge >= 0.3 is 11.9 Å². The van der Waals surface area contributed by atoms with E-state index >= 15 is 0 Å². The molecule has 0 atom stereocenters. The number of alkyl halides is 4. The number of halogens is 4. The zero-order valence-corrected chi connectivity index (χ0v) is 20.7. The van der Waals surface area contributed by atoms with Gasteiger partial charge in [0.15, 0.2) is 0 Å². The van der Waals surface area contributed by atoms with E-state index in [0.29, 0.717) is 26.1 Å². The molecule has 0 unspecified atom stereocenters. The number of hydrogen-bond donors (Lipinski definition) is 0. The molecule has 0 aromatic carbocycles. The van der Waals surface area contributed by atoms with Crippen LogP contribution in [0, 0.1) is 0 Å². The first kappa shape index (κ1) is 32.8. The van der Waals surface area contributed by atoms with Crippen LogP contribution >= 0.6 is 0 Å². The molecular formula is C25H38F4O6. The average Bonchev–Trinajstić information content (AvgIpc) is 3.39. The molecule has 0 aromatic rings. The molecule has 0 aromatic heterocycles. The maximum atomic E-state index is 12.7. The zero-order valence-electron chi connectivity index (χ0n) is 20.7. The summed E-state index contributed by atoms with van der Waals surface area (Å²) in [6.45, 7) is 9.41. The van der Waals surface area contributed by atoms with Crippen LogP contribution in [0.2, 0.25) is 0 Å². The molecule has 0 bridgehead atoms. The summed E-state index contributed by atoms with van der Waals surface area (Å²) >= 11 is 0. The maximum absolute atomic E-state index is 12.7. The first-order valence-electron chi connectivity index (χ1n) is 11.9. The van der Waals surface area contributed by atoms with Gasteiger partial charge in [-0.05, 0) is 39.5 Å². The Balaban J connectivity index is 0.000000474. The standard InChI is InChI=1S/C10H14F2O2.C6H8F2O.C5H8O2.C4H8O/c1-2-14-9(13)7-8-3-5-10(11,12)6-4-8;7-6(8)3-1-5(9)2-4-6;1-3-5(6)7-4-2;1-2-4-5-3-1/h7H,2-6H2,1H3;1-4H2;3H,1,4H2,2H3;1-4H2. The Morgan fingerprint density at radius 1 is 0.857 bits per heavy atom. The fourth-order valence-electron chi connectivity index (χ4n) is 3.04. The summed E-state index contributed by atoms with van der Waals surface area (Å²) in [6.07, 6.45) is 4.97. The summed E-state index contributed by atoms with van der Waals surface area (Å²) in [5, 5.41) is 0. The average molecular weight is 511 g/mol. The highest BCUT2D eigenvalue weighted by Gasteiger charge is 2.34. The number of Topliss-reactive ketones (excluding diaryl/α,β-unsaturated/α-hetero) is 1. The second kappa shape index (κ2) is 18.1.